The summed E-state index contributed by atoms with van der Waals surface area (Å²) in [5.41, 5.74) is 4.23. The molecule has 2 fully saturated rings. The van der Waals surface area contributed by atoms with E-state index in [9.17, 15) is 4.79 Å². The Hall–Kier alpha value is -1.50. The second kappa shape index (κ2) is 8.56. The van der Waals surface area contributed by atoms with Gasteiger partial charge in [-0.2, -0.15) is 0 Å². The van der Waals surface area contributed by atoms with Crippen molar-refractivity contribution in [1.29, 1.82) is 0 Å². The molecule has 6 heteroatoms. The monoisotopic (exact) mass is 427 g/mol. The lowest BCUT2D eigenvalue weighted by atomic mass is 9.72. The summed E-state index contributed by atoms with van der Waals surface area (Å²) in [6.45, 7) is 2.46. The number of hydrogen-bond acceptors (Lipinski definition) is 5. The molecule has 3 aliphatic rings. The first-order valence-electron chi connectivity index (χ1n) is 11.4. The summed E-state index contributed by atoms with van der Waals surface area (Å²) in [4.78, 5) is 18.7. The minimum atomic E-state index is -0.114. The van der Waals surface area contributed by atoms with Gasteiger partial charge < -0.3 is 19.9 Å². The van der Waals surface area contributed by atoms with Crippen LogP contribution in [0.3, 0.4) is 0 Å². The van der Waals surface area contributed by atoms with Crippen LogP contribution in [0.4, 0.5) is 0 Å². The highest BCUT2D eigenvalue weighted by molar-refractivity contribution is 7.98. The van der Waals surface area contributed by atoms with Gasteiger partial charge in [0, 0.05) is 35.3 Å². The molecule has 0 spiro atoms. The van der Waals surface area contributed by atoms with Gasteiger partial charge >= 0.3 is 5.97 Å². The molecule has 1 aliphatic carbocycles. The van der Waals surface area contributed by atoms with E-state index in [0.29, 0.717) is 24.5 Å². The lowest BCUT2D eigenvalue weighted by Gasteiger charge is -2.45. The zero-order valence-corrected chi connectivity index (χ0v) is 18.9. The van der Waals surface area contributed by atoms with Gasteiger partial charge in [-0.3, -0.25) is 4.79 Å². The van der Waals surface area contributed by atoms with Crippen LogP contribution < -0.4 is 5.32 Å². The zero-order chi connectivity index (χ0) is 20.7. The highest BCUT2D eigenvalue weighted by atomic mass is 32.2. The summed E-state index contributed by atoms with van der Waals surface area (Å²) < 4.78 is 5.83. The number of benzene rings is 1. The number of carbonyl (C=O) groups is 1. The number of thioether (sulfide) groups is 1. The summed E-state index contributed by atoms with van der Waals surface area (Å²) in [7, 11) is 2.25. The van der Waals surface area contributed by atoms with Crippen LogP contribution in [-0.2, 0) is 16.0 Å². The molecular formula is C24H33N3O2S. The normalized spacial score (nSPS) is 29.4. The first-order chi connectivity index (χ1) is 14.7. The van der Waals surface area contributed by atoms with Crippen LogP contribution in [0.15, 0.2) is 23.2 Å². The molecule has 2 saturated heterocycles. The Morgan fingerprint density at radius 2 is 2.20 bits per heavy atom. The molecule has 2 aliphatic heterocycles. The third-order valence-corrected chi connectivity index (χ3v) is 8.16. The van der Waals surface area contributed by atoms with E-state index < -0.39 is 0 Å². The summed E-state index contributed by atoms with van der Waals surface area (Å²) in [6, 6.07) is 7.12. The minimum Gasteiger partial charge on any atom is -0.464 e. The predicted molar refractivity (Wildman–Crippen MR) is 122 cm³/mol. The number of carbonyl (C=O) groups excluding carboxylic acids is 1. The molecule has 30 heavy (non-hydrogen) atoms. The highest BCUT2D eigenvalue weighted by Crippen LogP contribution is 2.46. The number of rotatable bonds is 4. The molecule has 162 valence electrons. The molecule has 0 bridgehead atoms. The largest absolute Gasteiger partial charge is 0.464 e. The molecule has 1 aromatic carbocycles. The van der Waals surface area contributed by atoms with Gasteiger partial charge in [0.15, 0.2) is 0 Å². The molecule has 5 rings (SSSR count). The van der Waals surface area contributed by atoms with Crippen LogP contribution in [0, 0.1) is 5.92 Å². The molecule has 1 aromatic heterocycles. The number of aromatic nitrogens is 1. The fourth-order valence-corrected chi connectivity index (χ4v) is 6.58. The SMILES string of the molecule is CSc1[nH]c2cccc3c2c1C[C@H]1[C@H]3CC(COC(=O)C2CCCCCN2)CN1C. The Morgan fingerprint density at radius 3 is 3.07 bits per heavy atom. The first kappa shape index (κ1) is 20.4. The smallest absolute Gasteiger partial charge is 0.323 e. The van der Waals surface area contributed by atoms with Gasteiger partial charge in [0.1, 0.15) is 6.04 Å². The molecule has 3 heterocycles. The van der Waals surface area contributed by atoms with Crippen LogP contribution in [0.2, 0.25) is 0 Å². The van der Waals surface area contributed by atoms with Gasteiger partial charge in [0.25, 0.3) is 0 Å². The predicted octanol–water partition coefficient (Wildman–Crippen LogP) is 3.93. The zero-order valence-electron chi connectivity index (χ0n) is 18.1. The number of H-pyrrole nitrogens is 1. The van der Waals surface area contributed by atoms with Gasteiger partial charge in [0.05, 0.1) is 11.6 Å². The van der Waals surface area contributed by atoms with E-state index in [1.54, 1.807) is 0 Å². The van der Waals surface area contributed by atoms with Gasteiger partial charge in [-0.05, 0) is 62.7 Å². The topological polar surface area (TPSA) is 57.4 Å². The maximum Gasteiger partial charge on any atom is 0.323 e. The second-order valence-electron chi connectivity index (χ2n) is 9.31. The Bertz CT molecular complexity index is 919. The van der Waals surface area contributed by atoms with Gasteiger partial charge in [-0.15, -0.1) is 11.8 Å². The van der Waals surface area contributed by atoms with Crippen molar-refractivity contribution in [3.8, 4) is 0 Å². The molecule has 2 N–H and O–H groups in total. The van der Waals surface area contributed by atoms with E-state index in [1.165, 1.54) is 33.5 Å². The second-order valence-corrected chi connectivity index (χ2v) is 10.1. The molecule has 2 aromatic rings. The summed E-state index contributed by atoms with van der Waals surface area (Å²) >= 11 is 1.82. The highest BCUT2D eigenvalue weighted by Gasteiger charge is 2.40. The first-order valence-corrected chi connectivity index (χ1v) is 12.7. The Labute approximate surface area is 183 Å². The van der Waals surface area contributed by atoms with Crippen LogP contribution in [0.25, 0.3) is 10.9 Å². The minimum absolute atomic E-state index is 0.0510. The molecule has 0 saturated carbocycles. The average Bonchev–Trinajstić information content (AvgIpc) is 2.93. The van der Waals surface area contributed by atoms with E-state index >= 15 is 0 Å². The Morgan fingerprint density at radius 1 is 1.30 bits per heavy atom. The molecular weight excluding hydrogens is 394 g/mol. The average molecular weight is 428 g/mol. The Kier molecular flexibility index (Phi) is 5.82. The van der Waals surface area contributed by atoms with E-state index in [2.05, 4.69) is 46.7 Å². The summed E-state index contributed by atoms with van der Waals surface area (Å²) in [6.07, 6.45) is 8.74. The number of aromatic amines is 1. The fraction of sp³-hybridized carbons (Fsp3) is 0.625. The van der Waals surface area contributed by atoms with E-state index in [1.807, 2.05) is 11.8 Å². The van der Waals surface area contributed by atoms with Crippen molar-refractivity contribution < 1.29 is 9.53 Å². The van der Waals surface area contributed by atoms with Crippen molar-refractivity contribution in [2.75, 3.05) is 33.0 Å². The van der Waals surface area contributed by atoms with Crippen molar-refractivity contribution in [2.45, 2.75) is 61.6 Å². The third kappa shape index (κ3) is 3.67. The number of nitrogens with one attached hydrogen (secondary N) is 2. The van der Waals surface area contributed by atoms with Gasteiger partial charge in [0.2, 0.25) is 0 Å². The number of esters is 1. The fourth-order valence-electron chi connectivity index (χ4n) is 5.93. The maximum atomic E-state index is 12.6. The molecule has 0 radical (unpaired) electrons. The lowest BCUT2D eigenvalue weighted by molar-refractivity contribution is -0.148. The third-order valence-electron chi connectivity index (χ3n) is 7.41. The van der Waals surface area contributed by atoms with Crippen LogP contribution >= 0.6 is 11.8 Å². The van der Waals surface area contributed by atoms with Crippen molar-refractivity contribution in [2.24, 2.45) is 5.92 Å². The summed E-state index contributed by atoms with van der Waals surface area (Å²) in [5, 5.41) is 6.12. The van der Waals surface area contributed by atoms with Crippen LogP contribution in [0.1, 0.15) is 49.1 Å². The van der Waals surface area contributed by atoms with E-state index in [0.717, 1.165) is 45.2 Å². The van der Waals surface area contributed by atoms with E-state index in [4.69, 9.17) is 4.74 Å². The number of fused-ring (bicyclic) bond motifs is 2. The number of likely N-dealkylation sites (N-methyl/N-ethyl adjacent to an activating group) is 1. The van der Waals surface area contributed by atoms with Crippen molar-refractivity contribution >= 4 is 28.6 Å². The van der Waals surface area contributed by atoms with Crippen LogP contribution in [-0.4, -0.2) is 60.9 Å². The number of hydrogen-bond donors (Lipinski definition) is 2. The number of likely N-dealkylation sites (tertiary alicyclic amines) is 1. The Balaban J connectivity index is 1.32. The van der Waals surface area contributed by atoms with Crippen LogP contribution in [0.5, 0.6) is 0 Å². The molecule has 0 amide bonds. The lowest BCUT2D eigenvalue weighted by Crippen LogP contribution is -2.49. The van der Waals surface area contributed by atoms with E-state index in [-0.39, 0.29) is 12.0 Å². The van der Waals surface area contributed by atoms with Crippen molar-refractivity contribution in [1.82, 2.24) is 15.2 Å². The number of piperidine rings is 1. The van der Waals surface area contributed by atoms with Gasteiger partial charge in [-0.1, -0.05) is 25.0 Å². The molecule has 5 nitrogen and oxygen atoms in total. The van der Waals surface area contributed by atoms with Crippen molar-refractivity contribution in [3.05, 3.63) is 29.3 Å². The summed E-state index contributed by atoms with van der Waals surface area (Å²) in [5.74, 6) is 0.844. The number of nitrogens with zero attached hydrogens (tertiary/aromatic N) is 1. The number of ether oxygens (including phenoxy) is 1. The quantitative estimate of drug-likeness (QED) is 0.572. The standard InChI is InChI=1S/C24H33N3O2S/c1-27-13-15(14-29-24(28)20-8-4-3-5-10-25-20)11-17-16-7-6-9-19-22(16)18(12-21(17)27)23(26-19)30-2/h6-7,9,15,17,20-21,25-26H,3-5,8,10-14H2,1-2H3/t15?,17-,20?,21-/m0/s1. The van der Waals surface area contributed by atoms with Gasteiger partial charge in [-0.25, -0.2) is 0 Å². The maximum absolute atomic E-state index is 12.6. The van der Waals surface area contributed by atoms with Crippen molar-refractivity contribution in [3.63, 3.8) is 0 Å². The molecule has 4 atom stereocenters. The molecule has 2 unspecified atom stereocenters.